The molecule has 1 aliphatic rings. The SMILES string of the molecule is CSC1CCC(NS(=O)(=O)c2ccccc2C#N)C1. The molecule has 2 unspecified atom stereocenters. The largest absolute Gasteiger partial charge is 0.242 e. The van der Waals surface area contributed by atoms with E-state index in [4.69, 9.17) is 5.26 Å². The van der Waals surface area contributed by atoms with Gasteiger partial charge >= 0.3 is 0 Å². The summed E-state index contributed by atoms with van der Waals surface area (Å²) in [4.78, 5) is 0.0742. The summed E-state index contributed by atoms with van der Waals surface area (Å²) in [7, 11) is -3.60. The summed E-state index contributed by atoms with van der Waals surface area (Å²) in [5.41, 5.74) is 0.189. The lowest BCUT2D eigenvalue weighted by Crippen LogP contribution is -2.33. The van der Waals surface area contributed by atoms with Crippen molar-refractivity contribution in [2.24, 2.45) is 0 Å². The highest BCUT2D eigenvalue weighted by Crippen LogP contribution is 2.29. The monoisotopic (exact) mass is 296 g/mol. The molecule has 1 saturated carbocycles. The first-order valence-corrected chi connectivity index (χ1v) is 8.88. The van der Waals surface area contributed by atoms with Crippen molar-refractivity contribution in [1.29, 1.82) is 5.26 Å². The molecule has 19 heavy (non-hydrogen) atoms. The average molecular weight is 296 g/mol. The van der Waals surface area contributed by atoms with E-state index in [-0.39, 0.29) is 16.5 Å². The number of nitriles is 1. The number of thioether (sulfide) groups is 1. The van der Waals surface area contributed by atoms with Crippen molar-refractivity contribution >= 4 is 21.8 Å². The van der Waals surface area contributed by atoms with Crippen LogP contribution in [0.4, 0.5) is 0 Å². The van der Waals surface area contributed by atoms with Crippen LogP contribution in [-0.2, 0) is 10.0 Å². The third kappa shape index (κ3) is 3.30. The first-order chi connectivity index (χ1) is 9.06. The molecule has 2 atom stereocenters. The highest BCUT2D eigenvalue weighted by Gasteiger charge is 2.29. The molecule has 1 aromatic rings. The van der Waals surface area contributed by atoms with E-state index in [1.807, 2.05) is 12.3 Å². The van der Waals surface area contributed by atoms with Crippen LogP contribution in [0.25, 0.3) is 0 Å². The second-order valence-electron chi connectivity index (χ2n) is 4.60. The topological polar surface area (TPSA) is 70.0 Å². The van der Waals surface area contributed by atoms with E-state index in [0.717, 1.165) is 19.3 Å². The minimum atomic E-state index is -3.60. The minimum absolute atomic E-state index is 0.0193. The van der Waals surface area contributed by atoms with Gasteiger partial charge in [0, 0.05) is 11.3 Å². The Labute approximate surface area is 118 Å². The molecule has 0 aliphatic heterocycles. The molecule has 0 heterocycles. The van der Waals surface area contributed by atoms with Crippen LogP contribution in [-0.4, -0.2) is 26.0 Å². The normalized spacial score (nSPS) is 23.2. The summed E-state index contributed by atoms with van der Waals surface area (Å²) >= 11 is 1.78. The Hall–Kier alpha value is -1.03. The maximum absolute atomic E-state index is 12.3. The van der Waals surface area contributed by atoms with Crippen LogP contribution >= 0.6 is 11.8 Å². The van der Waals surface area contributed by atoms with E-state index in [9.17, 15) is 8.42 Å². The number of nitrogens with one attached hydrogen (secondary N) is 1. The van der Waals surface area contributed by atoms with Gasteiger partial charge in [-0.3, -0.25) is 0 Å². The molecule has 4 nitrogen and oxygen atoms in total. The van der Waals surface area contributed by atoms with E-state index in [2.05, 4.69) is 4.72 Å². The minimum Gasteiger partial charge on any atom is -0.208 e. The number of hydrogen-bond acceptors (Lipinski definition) is 4. The van der Waals surface area contributed by atoms with Gasteiger partial charge in [0.2, 0.25) is 10.0 Å². The van der Waals surface area contributed by atoms with Crippen molar-refractivity contribution in [3.8, 4) is 6.07 Å². The Balaban J connectivity index is 2.18. The van der Waals surface area contributed by atoms with Crippen molar-refractivity contribution in [3.63, 3.8) is 0 Å². The second-order valence-corrected chi connectivity index (χ2v) is 7.42. The van der Waals surface area contributed by atoms with Crippen LogP contribution in [0.5, 0.6) is 0 Å². The quantitative estimate of drug-likeness (QED) is 0.924. The molecule has 1 fully saturated rings. The Kier molecular flexibility index (Phi) is 4.50. The van der Waals surface area contributed by atoms with Gasteiger partial charge in [0.15, 0.2) is 0 Å². The Morgan fingerprint density at radius 3 is 2.74 bits per heavy atom. The first kappa shape index (κ1) is 14.4. The summed E-state index contributed by atoms with van der Waals surface area (Å²) in [6.45, 7) is 0. The molecule has 0 saturated heterocycles. The molecular formula is C13H16N2O2S2. The molecule has 1 N–H and O–H groups in total. The molecule has 0 spiro atoms. The van der Waals surface area contributed by atoms with E-state index in [0.29, 0.717) is 5.25 Å². The summed E-state index contributed by atoms with van der Waals surface area (Å²) in [6.07, 6.45) is 4.80. The molecular weight excluding hydrogens is 280 g/mol. The van der Waals surface area contributed by atoms with E-state index in [1.165, 1.54) is 12.1 Å². The second kappa shape index (κ2) is 5.95. The molecule has 0 radical (unpaired) electrons. The maximum Gasteiger partial charge on any atom is 0.242 e. The Bertz CT molecular complexity index is 593. The Morgan fingerprint density at radius 2 is 2.11 bits per heavy atom. The highest BCUT2D eigenvalue weighted by molar-refractivity contribution is 7.99. The van der Waals surface area contributed by atoms with Crippen molar-refractivity contribution < 1.29 is 8.42 Å². The van der Waals surface area contributed by atoms with Gasteiger partial charge in [0.1, 0.15) is 6.07 Å². The molecule has 2 rings (SSSR count). The lowest BCUT2D eigenvalue weighted by atomic mass is 10.2. The number of hydrogen-bond donors (Lipinski definition) is 1. The van der Waals surface area contributed by atoms with Crippen LogP contribution in [0.2, 0.25) is 0 Å². The zero-order valence-electron chi connectivity index (χ0n) is 10.7. The highest BCUT2D eigenvalue weighted by atomic mass is 32.2. The van der Waals surface area contributed by atoms with Crippen LogP contribution in [0.1, 0.15) is 24.8 Å². The lowest BCUT2D eigenvalue weighted by Gasteiger charge is -2.14. The van der Waals surface area contributed by atoms with Gasteiger partial charge < -0.3 is 0 Å². The zero-order valence-corrected chi connectivity index (χ0v) is 12.3. The summed E-state index contributed by atoms with van der Waals surface area (Å²) < 4.78 is 27.3. The van der Waals surface area contributed by atoms with E-state index < -0.39 is 10.0 Å². The smallest absolute Gasteiger partial charge is 0.208 e. The van der Waals surface area contributed by atoms with Crippen molar-refractivity contribution in [2.45, 2.75) is 35.4 Å². The van der Waals surface area contributed by atoms with Crippen molar-refractivity contribution in [3.05, 3.63) is 29.8 Å². The third-order valence-electron chi connectivity index (χ3n) is 3.34. The lowest BCUT2D eigenvalue weighted by molar-refractivity contribution is 0.552. The fraction of sp³-hybridized carbons (Fsp3) is 0.462. The van der Waals surface area contributed by atoms with Gasteiger partial charge in [-0.2, -0.15) is 17.0 Å². The summed E-state index contributed by atoms with van der Waals surface area (Å²) in [5, 5.41) is 9.50. The molecule has 1 aliphatic carbocycles. The van der Waals surface area contributed by atoms with Crippen molar-refractivity contribution in [2.75, 3.05) is 6.26 Å². The molecule has 102 valence electrons. The van der Waals surface area contributed by atoms with Gasteiger partial charge in [-0.1, -0.05) is 12.1 Å². The third-order valence-corrected chi connectivity index (χ3v) is 6.01. The predicted molar refractivity (Wildman–Crippen MR) is 76.4 cm³/mol. The number of benzene rings is 1. The summed E-state index contributed by atoms with van der Waals surface area (Å²) in [6, 6.07) is 8.20. The molecule has 0 aromatic heterocycles. The zero-order chi connectivity index (χ0) is 13.9. The molecule has 6 heteroatoms. The van der Waals surface area contributed by atoms with Gasteiger partial charge in [-0.15, -0.1) is 0 Å². The number of nitrogens with zero attached hydrogens (tertiary/aromatic N) is 1. The molecule has 1 aromatic carbocycles. The van der Waals surface area contributed by atoms with E-state index in [1.54, 1.807) is 23.9 Å². The van der Waals surface area contributed by atoms with Crippen molar-refractivity contribution in [1.82, 2.24) is 4.72 Å². The Morgan fingerprint density at radius 1 is 1.37 bits per heavy atom. The van der Waals surface area contributed by atoms with Crippen LogP contribution < -0.4 is 4.72 Å². The standard InChI is InChI=1S/C13H16N2O2S2/c1-18-12-7-6-11(8-12)15-19(16,17)13-5-3-2-4-10(13)9-14/h2-5,11-12,15H,6-8H2,1H3. The van der Waals surface area contributed by atoms with Gasteiger partial charge in [-0.05, 0) is 37.7 Å². The van der Waals surface area contributed by atoms with Gasteiger partial charge in [0.05, 0.1) is 10.5 Å². The van der Waals surface area contributed by atoms with Gasteiger partial charge in [0.25, 0.3) is 0 Å². The van der Waals surface area contributed by atoms with Crippen LogP contribution in [0.15, 0.2) is 29.2 Å². The predicted octanol–water partition coefficient (Wildman–Crippen LogP) is 2.12. The number of sulfonamides is 1. The number of rotatable bonds is 4. The first-order valence-electron chi connectivity index (χ1n) is 6.11. The molecule has 0 bridgehead atoms. The van der Waals surface area contributed by atoms with E-state index >= 15 is 0 Å². The molecule has 0 amide bonds. The van der Waals surface area contributed by atoms with Gasteiger partial charge in [-0.25, -0.2) is 13.1 Å². The average Bonchev–Trinajstić information content (AvgIpc) is 2.85. The van der Waals surface area contributed by atoms with Crippen LogP contribution in [0.3, 0.4) is 0 Å². The fourth-order valence-corrected chi connectivity index (χ4v) is 4.57. The maximum atomic E-state index is 12.3. The van der Waals surface area contributed by atoms with Crippen LogP contribution in [0, 0.1) is 11.3 Å². The summed E-state index contributed by atoms with van der Waals surface area (Å²) in [5.74, 6) is 0. The fourth-order valence-electron chi connectivity index (χ4n) is 2.34.